The first-order valence-corrected chi connectivity index (χ1v) is 3.26. The zero-order valence-corrected chi connectivity index (χ0v) is 6.35. The summed E-state index contributed by atoms with van der Waals surface area (Å²) in [6.07, 6.45) is -2.78. The van der Waals surface area contributed by atoms with Gasteiger partial charge in [-0.3, -0.25) is 0 Å². The average molecular weight is 176 g/mol. The van der Waals surface area contributed by atoms with Crippen LogP contribution in [-0.2, 0) is 0 Å². The fraction of sp³-hybridized carbons (Fsp3) is 0.250. The predicted octanol–water partition coefficient (Wildman–Crippen LogP) is 2.77. The van der Waals surface area contributed by atoms with Crippen LogP contribution in [-0.4, -0.2) is 7.11 Å². The number of hydrogen-bond acceptors (Lipinski definition) is 1. The molecule has 0 N–H and O–H groups in total. The topological polar surface area (TPSA) is 9.23 Å². The first-order chi connectivity index (χ1) is 5.65. The molecule has 0 fully saturated rings. The van der Waals surface area contributed by atoms with E-state index in [4.69, 9.17) is 0 Å². The van der Waals surface area contributed by atoms with Gasteiger partial charge in [-0.25, -0.2) is 13.2 Å². The van der Waals surface area contributed by atoms with Gasteiger partial charge in [0.2, 0.25) is 0 Å². The third-order valence-corrected chi connectivity index (χ3v) is 1.44. The zero-order chi connectivity index (χ0) is 9.14. The smallest absolute Gasteiger partial charge is 0.266 e. The molecule has 12 heavy (non-hydrogen) atoms. The first-order valence-electron chi connectivity index (χ1n) is 3.26. The average Bonchev–Trinajstić information content (AvgIpc) is 2.03. The molecular formula is C8H7F3O. The summed E-state index contributed by atoms with van der Waals surface area (Å²) in [6, 6.07) is 3.24. The van der Waals surface area contributed by atoms with E-state index in [1.165, 1.54) is 13.2 Å². The highest BCUT2D eigenvalue weighted by Crippen LogP contribution is 2.24. The van der Waals surface area contributed by atoms with Gasteiger partial charge in [-0.1, -0.05) is 0 Å². The van der Waals surface area contributed by atoms with Crippen molar-refractivity contribution < 1.29 is 17.9 Å². The van der Waals surface area contributed by atoms with Crippen LogP contribution in [0.25, 0.3) is 0 Å². The van der Waals surface area contributed by atoms with Crippen molar-refractivity contribution in [2.75, 3.05) is 7.11 Å². The van der Waals surface area contributed by atoms with Crippen LogP contribution in [0.5, 0.6) is 5.75 Å². The fourth-order valence-corrected chi connectivity index (χ4v) is 0.812. The summed E-state index contributed by atoms with van der Waals surface area (Å²) in [5.41, 5.74) is -0.601. The van der Waals surface area contributed by atoms with Gasteiger partial charge in [-0.15, -0.1) is 0 Å². The molecule has 0 radical (unpaired) electrons. The van der Waals surface area contributed by atoms with E-state index in [0.717, 1.165) is 12.1 Å². The van der Waals surface area contributed by atoms with E-state index >= 15 is 0 Å². The Morgan fingerprint density at radius 1 is 1.33 bits per heavy atom. The Kier molecular flexibility index (Phi) is 2.58. The molecule has 0 spiro atoms. The molecule has 0 heterocycles. The SMILES string of the molecule is COc1ccc(C(F)F)c(F)c1. The van der Waals surface area contributed by atoms with Gasteiger partial charge < -0.3 is 4.74 Å². The highest BCUT2D eigenvalue weighted by molar-refractivity contribution is 5.29. The van der Waals surface area contributed by atoms with Gasteiger partial charge in [-0.2, -0.15) is 0 Å². The summed E-state index contributed by atoms with van der Waals surface area (Å²) in [4.78, 5) is 0. The molecule has 0 bridgehead atoms. The van der Waals surface area contributed by atoms with E-state index in [0.29, 0.717) is 0 Å². The minimum atomic E-state index is -2.78. The van der Waals surface area contributed by atoms with E-state index < -0.39 is 17.8 Å². The van der Waals surface area contributed by atoms with Crippen molar-refractivity contribution in [1.29, 1.82) is 0 Å². The second kappa shape index (κ2) is 3.47. The van der Waals surface area contributed by atoms with Gasteiger partial charge in [0.1, 0.15) is 11.6 Å². The molecule has 4 heteroatoms. The van der Waals surface area contributed by atoms with Crippen molar-refractivity contribution in [2.45, 2.75) is 6.43 Å². The Hall–Kier alpha value is -1.19. The molecule has 0 aliphatic carbocycles. The van der Waals surface area contributed by atoms with Gasteiger partial charge in [0.15, 0.2) is 0 Å². The molecule has 0 unspecified atom stereocenters. The van der Waals surface area contributed by atoms with Crippen molar-refractivity contribution >= 4 is 0 Å². The molecule has 1 aromatic carbocycles. The normalized spacial score (nSPS) is 10.4. The second-order valence-corrected chi connectivity index (χ2v) is 2.19. The summed E-state index contributed by atoms with van der Waals surface area (Å²) < 4.78 is 41.3. The Bertz CT molecular complexity index is 273. The van der Waals surface area contributed by atoms with Gasteiger partial charge in [0.25, 0.3) is 6.43 Å². The highest BCUT2D eigenvalue weighted by atomic mass is 19.3. The van der Waals surface area contributed by atoms with Crippen LogP contribution in [0.4, 0.5) is 13.2 Å². The van der Waals surface area contributed by atoms with Crippen LogP contribution in [0.15, 0.2) is 18.2 Å². The summed E-state index contributed by atoms with van der Waals surface area (Å²) >= 11 is 0. The minimum Gasteiger partial charge on any atom is -0.497 e. The number of benzene rings is 1. The number of halogens is 3. The number of rotatable bonds is 2. The molecule has 0 aliphatic rings. The van der Waals surface area contributed by atoms with E-state index in [-0.39, 0.29) is 5.75 Å². The Morgan fingerprint density at radius 2 is 2.00 bits per heavy atom. The van der Waals surface area contributed by atoms with E-state index in [9.17, 15) is 13.2 Å². The summed E-state index contributed by atoms with van der Waals surface area (Å²) in [5.74, 6) is -0.707. The third-order valence-electron chi connectivity index (χ3n) is 1.44. The fourth-order valence-electron chi connectivity index (χ4n) is 0.812. The monoisotopic (exact) mass is 176 g/mol. The molecular weight excluding hydrogens is 169 g/mol. The van der Waals surface area contributed by atoms with Crippen molar-refractivity contribution in [2.24, 2.45) is 0 Å². The minimum absolute atomic E-state index is 0.233. The standard InChI is InChI=1S/C8H7F3O/c1-12-5-2-3-6(8(10)11)7(9)4-5/h2-4,8H,1H3. The molecule has 0 saturated carbocycles. The largest absolute Gasteiger partial charge is 0.497 e. The quantitative estimate of drug-likeness (QED) is 0.673. The summed E-state index contributed by atoms with van der Waals surface area (Å²) in [7, 11) is 1.34. The maximum Gasteiger partial charge on any atom is 0.266 e. The lowest BCUT2D eigenvalue weighted by atomic mass is 10.2. The summed E-state index contributed by atoms with van der Waals surface area (Å²) in [6.45, 7) is 0. The zero-order valence-electron chi connectivity index (χ0n) is 6.35. The van der Waals surface area contributed by atoms with Crippen molar-refractivity contribution in [3.63, 3.8) is 0 Å². The highest BCUT2D eigenvalue weighted by Gasteiger charge is 2.12. The van der Waals surface area contributed by atoms with Crippen molar-refractivity contribution in [1.82, 2.24) is 0 Å². The number of hydrogen-bond donors (Lipinski definition) is 0. The number of alkyl halides is 2. The van der Waals surface area contributed by atoms with Crippen LogP contribution in [0.1, 0.15) is 12.0 Å². The Labute approximate surface area is 67.8 Å². The van der Waals surface area contributed by atoms with Crippen LogP contribution in [0, 0.1) is 5.82 Å². The lowest BCUT2D eigenvalue weighted by Gasteiger charge is -2.03. The van der Waals surface area contributed by atoms with E-state index in [2.05, 4.69) is 4.74 Å². The van der Waals surface area contributed by atoms with Crippen LogP contribution < -0.4 is 4.74 Å². The van der Waals surface area contributed by atoms with Gasteiger partial charge >= 0.3 is 0 Å². The maximum absolute atomic E-state index is 12.7. The molecule has 0 saturated heterocycles. The van der Waals surface area contributed by atoms with Crippen molar-refractivity contribution in [3.8, 4) is 5.75 Å². The van der Waals surface area contributed by atoms with Gasteiger partial charge in [0.05, 0.1) is 12.7 Å². The molecule has 0 atom stereocenters. The first kappa shape index (κ1) is 8.90. The summed E-state index contributed by atoms with van der Waals surface area (Å²) in [5, 5.41) is 0. The molecule has 0 amide bonds. The number of ether oxygens (including phenoxy) is 1. The molecule has 0 aromatic heterocycles. The lowest BCUT2D eigenvalue weighted by molar-refractivity contribution is 0.146. The number of methoxy groups -OCH3 is 1. The third kappa shape index (κ3) is 1.69. The second-order valence-electron chi connectivity index (χ2n) is 2.19. The van der Waals surface area contributed by atoms with Crippen LogP contribution in [0.3, 0.4) is 0 Å². The van der Waals surface area contributed by atoms with E-state index in [1.54, 1.807) is 0 Å². The Balaban J connectivity index is 3.03. The molecule has 1 nitrogen and oxygen atoms in total. The van der Waals surface area contributed by atoms with Gasteiger partial charge in [0, 0.05) is 6.07 Å². The lowest BCUT2D eigenvalue weighted by Crippen LogP contribution is -1.91. The maximum atomic E-state index is 12.7. The van der Waals surface area contributed by atoms with Crippen molar-refractivity contribution in [3.05, 3.63) is 29.6 Å². The van der Waals surface area contributed by atoms with Crippen LogP contribution >= 0.6 is 0 Å². The van der Waals surface area contributed by atoms with Gasteiger partial charge in [-0.05, 0) is 12.1 Å². The Morgan fingerprint density at radius 3 is 2.42 bits per heavy atom. The predicted molar refractivity (Wildman–Crippen MR) is 37.9 cm³/mol. The molecule has 1 aromatic rings. The van der Waals surface area contributed by atoms with E-state index in [1.807, 2.05) is 0 Å². The molecule has 1 rings (SSSR count). The van der Waals surface area contributed by atoms with Crippen LogP contribution in [0.2, 0.25) is 0 Å². The molecule has 0 aliphatic heterocycles. The molecule has 66 valence electrons.